The third-order valence-corrected chi connectivity index (χ3v) is 6.99. The van der Waals surface area contributed by atoms with Crippen molar-refractivity contribution in [2.75, 3.05) is 19.6 Å². The van der Waals surface area contributed by atoms with Crippen molar-refractivity contribution in [3.8, 4) is 0 Å². The number of aromatic nitrogens is 3. The van der Waals surface area contributed by atoms with Gasteiger partial charge in [-0.2, -0.15) is 0 Å². The standard InChI is InChI=1S/C23H25N5O2S/c29-22-18-15-28(23(30)20-6-3-11-31-20)10-7-19(18)25-21(26-22)17-5-2-9-27(14-17)13-16-4-1-8-24-12-16/h1,3-4,6,8,11-12,17H,2,5,7,9-10,13-15H2,(H,25,26,29)/t17-/m1/s1. The molecule has 8 heteroatoms. The van der Waals surface area contributed by atoms with Crippen LogP contribution in [0.3, 0.4) is 0 Å². The van der Waals surface area contributed by atoms with Gasteiger partial charge in [-0.05, 0) is 42.5 Å². The highest BCUT2D eigenvalue weighted by atomic mass is 32.1. The number of H-pyrrole nitrogens is 1. The second-order valence-corrected chi connectivity index (χ2v) is 9.21. The summed E-state index contributed by atoms with van der Waals surface area (Å²) in [6, 6.07) is 7.76. The average molecular weight is 436 g/mol. The van der Waals surface area contributed by atoms with Gasteiger partial charge in [-0.25, -0.2) is 4.98 Å². The summed E-state index contributed by atoms with van der Waals surface area (Å²) >= 11 is 1.43. The van der Waals surface area contributed by atoms with E-state index in [9.17, 15) is 9.59 Å². The van der Waals surface area contributed by atoms with E-state index in [1.54, 1.807) is 11.1 Å². The number of rotatable bonds is 4. The summed E-state index contributed by atoms with van der Waals surface area (Å²) in [6.07, 6.45) is 6.42. The molecule has 5 rings (SSSR count). The van der Waals surface area contributed by atoms with E-state index in [4.69, 9.17) is 4.98 Å². The molecular formula is C23H25N5O2S. The van der Waals surface area contributed by atoms with E-state index < -0.39 is 0 Å². The zero-order valence-corrected chi connectivity index (χ0v) is 18.1. The lowest BCUT2D eigenvalue weighted by atomic mass is 9.96. The summed E-state index contributed by atoms with van der Waals surface area (Å²) in [4.78, 5) is 42.6. The molecular weight excluding hydrogens is 410 g/mol. The third-order valence-electron chi connectivity index (χ3n) is 6.13. The summed E-state index contributed by atoms with van der Waals surface area (Å²) in [5.74, 6) is 0.995. The van der Waals surface area contributed by atoms with Crippen LogP contribution in [0.1, 0.15) is 51.1 Å². The molecule has 0 spiro atoms. The number of aromatic amines is 1. The van der Waals surface area contributed by atoms with Crippen LogP contribution < -0.4 is 5.56 Å². The van der Waals surface area contributed by atoms with Crippen molar-refractivity contribution in [1.82, 2.24) is 24.8 Å². The van der Waals surface area contributed by atoms with Gasteiger partial charge in [-0.3, -0.25) is 19.5 Å². The second-order valence-electron chi connectivity index (χ2n) is 8.27. The molecule has 1 amide bonds. The molecule has 5 heterocycles. The number of likely N-dealkylation sites (tertiary alicyclic amines) is 1. The monoisotopic (exact) mass is 435 g/mol. The van der Waals surface area contributed by atoms with E-state index in [1.165, 1.54) is 16.9 Å². The Morgan fingerprint density at radius 1 is 1.26 bits per heavy atom. The number of hydrogen-bond donors (Lipinski definition) is 1. The van der Waals surface area contributed by atoms with E-state index in [2.05, 4.69) is 20.9 Å². The van der Waals surface area contributed by atoms with Gasteiger partial charge in [-0.15, -0.1) is 11.3 Å². The zero-order chi connectivity index (χ0) is 21.2. The quantitative estimate of drug-likeness (QED) is 0.682. The zero-order valence-electron chi connectivity index (χ0n) is 17.3. The maximum absolute atomic E-state index is 12.9. The third kappa shape index (κ3) is 4.31. The van der Waals surface area contributed by atoms with Gasteiger partial charge in [0.05, 0.1) is 22.7 Å². The normalized spacial score (nSPS) is 19.2. The lowest BCUT2D eigenvalue weighted by Gasteiger charge is -2.33. The van der Waals surface area contributed by atoms with Crippen LogP contribution in [0.2, 0.25) is 0 Å². The van der Waals surface area contributed by atoms with Gasteiger partial charge in [-0.1, -0.05) is 12.1 Å². The highest BCUT2D eigenvalue weighted by Crippen LogP contribution is 2.26. The van der Waals surface area contributed by atoms with Crippen molar-refractivity contribution >= 4 is 17.2 Å². The van der Waals surface area contributed by atoms with Crippen molar-refractivity contribution in [2.45, 2.75) is 38.3 Å². The van der Waals surface area contributed by atoms with Gasteiger partial charge in [0.15, 0.2) is 0 Å². The van der Waals surface area contributed by atoms with Gasteiger partial charge in [0, 0.05) is 44.4 Å². The van der Waals surface area contributed by atoms with E-state index >= 15 is 0 Å². The number of pyridine rings is 1. The molecule has 0 aliphatic carbocycles. The van der Waals surface area contributed by atoms with E-state index in [1.807, 2.05) is 29.8 Å². The van der Waals surface area contributed by atoms with Crippen molar-refractivity contribution in [3.63, 3.8) is 0 Å². The van der Waals surface area contributed by atoms with Gasteiger partial charge in [0.2, 0.25) is 0 Å². The van der Waals surface area contributed by atoms with Gasteiger partial charge in [0.1, 0.15) is 5.82 Å². The summed E-state index contributed by atoms with van der Waals surface area (Å²) in [6.45, 7) is 3.70. The Kier molecular flexibility index (Phi) is 5.65. The molecule has 160 valence electrons. The lowest BCUT2D eigenvalue weighted by Crippen LogP contribution is -2.40. The second kappa shape index (κ2) is 8.72. The van der Waals surface area contributed by atoms with Crippen LogP contribution in [0.4, 0.5) is 0 Å². The highest BCUT2D eigenvalue weighted by molar-refractivity contribution is 7.12. The van der Waals surface area contributed by atoms with Crippen molar-refractivity contribution < 1.29 is 4.79 Å². The van der Waals surface area contributed by atoms with Crippen LogP contribution in [-0.2, 0) is 19.5 Å². The number of nitrogens with zero attached hydrogens (tertiary/aromatic N) is 4. The molecule has 0 bridgehead atoms. The average Bonchev–Trinajstić information content (AvgIpc) is 3.34. The molecule has 0 saturated carbocycles. The SMILES string of the molecule is O=C(c1cccs1)N1CCc2nc([C@@H]3CCCN(Cc4cccnc4)C3)[nH]c(=O)c2C1. The van der Waals surface area contributed by atoms with E-state index in [-0.39, 0.29) is 17.4 Å². The Labute approximate surface area is 184 Å². The molecule has 3 aromatic rings. The van der Waals surface area contributed by atoms with E-state index in [0.717, 1.165) is 44.0 Å². The van der Waals surface area contributed by atoms with Crippen LogP contribution in [-0.4, -0.2) is 50.3 Å². The first-order chi connectivity index (χ1) is 15.2. The van der Waals surface area contributed by atoms with Gasteiger partial charge >= 0.3 is 0 Å². The van der Waals surface area contributed by atoms with Crippen LogP contribution in [0.25, 0.3) is 0 Å². The molecule has 1 saturated heterocycles. The van der Waals surface area contributed by atoms with Crippen LogP contribution in [0.15, 0.2) is 46.8 Å². The Morgan fingerprint density at radius 3 is 3.00 bits per heavy atom. The first-order valence-electron chi connectivity index (χ1n) is 10.7. The predicted molar refractivity (Wildman–Crippen MR) is 119 cm³/mol. The summed E-state index contributed by atoms with van der Waals surface area (Å²) in [5, 5.41) is 1.90. The number of carbonyl (C=O) groups excluding carboxylic acids is 1. The number of nitrogens with one attached hydrogen (secondary N) is 1. The largest absolute Gasteiger partial charge is 0.333 e. The van der Waals surface area contributed by atoms with Crippen molar-refractivity contribution in [2.24, 2.45) is 0 Å². The maximum atomic E-state index is 12.9. The Morgan fingerprint density at radius 2 is 2.19 bits per heavy atom. The number of piperidine rings is 1. The lowest BCUT2D eigenvalue weighted by molar-refractivity contribution is 0.0737. The molecule has 0 unspecified atom stereocenters. The minimum atomic E-state index is -0.104. The molecule has 2 aliphatic rings. The Hall–Kier alpha value is -2.84. The van der Waals surface area contributed by atoms with Crippen LogP contribution >= 0.6 is 11.3 Å². The number of thiophene rings is 1. The summed E-state index contributed by atoms with van der Waals surface area (Å²) < 4.78 is 0. The van der Waals surface area contributed by atoms with Crippen LogP contribution in [0, 0.1) is 0 Å². The number of amides is 1. The fourth-order valence-corrected chi connectivity index (χ4v) is 5.23. The Balaban J connectivity index is 1.31. The van der Waals surface area contributed by atoms with E-state index in [0.29, 0.717) is 30.0 Å². The molecule has 1 fully saturated rings. The molecule has 0 aromatic carbocycles. The number of fused-ring (bicyclic) bond motifs is 1. The van der Waals surface area contributed by atoms with Gasteiger partial charge < -0.3 is 9.88 Å². The molecule has 3 aromatic heterocycles. The maximum Gasteiger partial charge on any atom is 0.264 e. The predicted octanol–water partition coefficient (Wildman–Crippen LogP) is 2.80. The highest BCUT2D eigenvalue weighted by Gasteiger charge is 2.28. The fourth-order valence-electron chi connectivity index (χ4n) is 4.54. The molecule has 1 atom stereocenters. The minimum absolute atomic E-state index is 0.0116. The van der Waals surface area contributed by atoms with Crippen molar-refractivity contribution in [1.29, 1.82) is 0 Å². The van der Waals surface area contributed by atoms with Gasteiger partial charge in [0.25, 0.3) is 11.5 Å². The summed E-state index contributed by atoms with van der Waals surface area (Å²) in [5.41, 5.74) is 2.57. The molecule has 0 radical (unpaired) electrons. The first kappa shape index (κ1) is 20.1. The smallest absolute Gasteiger partial charge is 0.264 e. The minimum Gasteiger partial charge on any atom is -0.333 e. The molecule has 31 heavy (non-hydrogen) atoms. The molecule has 2 aliphatic heterocycles. The fraction of sp³-hybridized carbons (Fsp3) is 0.391. The first-order valence-corrected chi connectivity index (χ1v) is 11.6. The van der Waals surface area contributed by atoms with Crippen molar-refractivity contribution in [3.05, 3.63) is 79.9 Å². The number of carbonyl (C=O) groups is 1. The molecule has 1 N–H and O–H groups in total. The Bertz CT molecular complexity index is 1110. The van der Waals surface area contributed by atoms with Crippen LogP contribution in [0.5, 0.6) is 0 Å². The molecule has 7 nitrogen and oxygen atoms in total. The topological polar surface area (TPSA) is 82.2 Å². The summed E-state index contributed by atoms with van der Waals surface area (Å²) in [7, 11) is 0. The number of hydrogen-bond acceptors (Lipinski definition) is 6.